The zero-order chi connectivity index (χ0) is 7.14. The fourth-order valence-corrected chi connectivity index (χ4v) is 1.92. The quantitative estimate of drug-likeness (QED) is 0.375. The van der Waals surface area contributed by atoms with Gasteiger partial charge in [-0.2, -0.15) is 0 Å². The molecule has 54 valence electrons. The van der Waals surface area contributed by atoms with E-state index in [0.717, 1.165) is 0 Å². The van der Waals surface area contributed by atoms with Crippen LogP contribution in [0.3, 0.4) is 0 Å². The minimum absolute atomic E-state index is 0.0747. The van der Waals surface area contributed by atoms with Gasteiger partial charge in [0.15, 0.2) is 0 Å². The SMILES string of the molecule is O=C1CN2C(=O)CC2SN1. The minimum Gasteiger partial charge on any atom is -0.319 e. The standard InChI is InChI=1S/C5H6N2O2S/c8-3-2-7-4(9)1-5(7)10-6-3/h5H,1-2H2,(H,6,8). The van der Waals surface area contributed by atoms with Gasteiger partial charge in [0.25, 0.3) is 0 Å². The summed E-state index contributed by atoms with van der Waals surface area (Å²) in [6.07, 6.45) is 0.574. The van der Waals surface area contributed by atoms with Crippen molar-refractivity contribution in [3.05, 3.63) is 0 Å². The Labute approximate surface area is 62.1 Å². The summed E-state index contributed by atoms with van der Waals surface area (Å²) < 4.78 is 2.62. The van der Waals surface area contributed by atoms with Gasteiger partial charge in [0.2, 0.25) is 11.8 Å². The molecule has 10 heavy (non-hydrogen) atoms. The van der Waals surface area contributed by atoms with E-state index in [4.69, 9.17) is 0 Å². The van der Waals surface area contributed by atoms with E-state index in [1.54, 1.807) is 4.90 Å². The fourth-order valence-electron chi connectivity index (χ4n) is 1.04. The van der Waals surface area contributed by atoms with Crippen LogP contribution in [0.25, 0.3) is 0 Å². The van der Waals surface area contributed by atoms with Crippen molar-refractivity contribution >= 4 is 23.8 Å². The van der Waals surface area contributed by atoms with Crippen LogP contribution in [0.4, 0.5) is 0 Å². The highest BCUT2D eigenvalue weighted by atomic mass is 32.2. The number of nitrogens with one attached hydrogen (secondary N) is 1. The van der Waals surface area contributed by atoms with Crippen molar-refractivity contribution in [3.63, 3.8) is 0 Å². The van der Waals surface area contributed by atoms with Gasteiger partial charge < -0.3 is 4.90 Å². The molecule has 1 atom stereocenters. The molecule has 0 spiro atoms. The Hall–Kier alpha value is -0.710. The van der Waals surface area contributed by atoms with Gasteiger partial charge in [-0.3, -0.25) is 14.3 Å². The van der Waals surface area contributed by atoms with Crippen molar-refractivity contribution in [2.24, 2.45) is 0 Å². The molecule has 0 aliphatic carbocycles. The van der Waals surface area contributed by atoms with Crippen LogP contribution < -0.4 is 4.72 Å². The van der Waals surface area contributed by atoms with Crippen LogP contribution in [0, 0.1) is 0 Å². The Morgan fingerprint density at radius 1 is 1.60 bits per heavy atom. The van der Waals surface area contributed by atoms with Crippen molar-refractivity contribution in [3.8, 4) is 0 Å². The molecule has 0 bridgehead atoms. The van der Waals surface area contributed by atoms with E-state index in [1.165, 1.54) is 11.9 Å². The number of carbonyl (C=O) groups excluding carboxylic acids is 2. The monoisotopic (exact) mass is 158 g/mol. The minimum atomic E-state index is -0.0747. The summed E-state index contributed by atoms with van der Waals surface area (Å²) in [5, 5.41) is 0.213. The molecule has 2 saturated heterocycles. The molecule has 2 aliphatic rings. The van der Waals surface area contributed by atoms with Crippen LogP contribution in [0.15, 0.2) is 0 Å². The molecular formula is C5H6N2O2S. The molecule has 0 saturated carbocycles. The maximum absolute atomic E-state index is 10.7. The van der Waals surface area contributed by atoms with Crippen LogP contribution in [-0.2, 0) is 9.59 Å². The van der Waals surface area contributed by atoms with Gasteiger partial charge in [-0.05, 0) is 11.9 Å². The fraction of sp³-hybridized carbons (Fsp3) is 0.600. The first-order valence-electron chi connectivity index (χ1n) is 3.01. The average Bonchev–Trinajstić information content (AvgIpc) is 1.92. The second-order valence-electron chi connectivity index (χ2n) is 2.32. The Balaban J connectivity index is 2.07. The normalized spacial score (nSPS) is 30.8. The number of carbonyl (C=O) groups is 2. The van der Waals surface area contributed by atoms with Gasteiger partial charge in [0.1, 0.15) is 11.9 Å². The molecule has 2 aliphatic heterocycles. The molecule has 2 heterocycles. The maximum Gasteiger partial charge on any atom is 0.249 e. The van der Waals surface area contributed by atoms with E-state index in [1.807, 2.05) is 0 Å². The van der Waals surface area contributed by atoms with E-state index in [0.29, 0.717) is 6.42 Å². The number of rotatable bonds is 0. The molecule has 2 rings (SSSR count). The summed E-state index contributed by atoms with van der Waals surface area (Å²) in [6.45, 7) is 0.247. The van der Waals surface area contributed by atoms with Crippen molar-refractivity contribution in [1.82, 2.24) is 9.62 Å². The predicted molar refractivity (Wildman–Crippen MR) is 35.9 cm³/mol. The van der Waals surface area contributed by atoms with E-state index in [-0.39, 0.29) is 23.7 Å². The number of β-lactam (4-membered cyclic amide) rings is 1. The van der Waals surface area contributed by atoms with Crippen molar-refractivity contribution < 1.29 is 9.59 Å². The Morgan fingerprint density at radius 3 is 3.00 bits per heavy atom. The third-order valence-corrected chi connectivity index (χ3v) is 2.68. The van der Waals surface area contributed by atoms with Crippen molar-refractivity contribution in [2.45, 2.75) is 11.8 Å². The molecule has 0 aromatic heterocycles. The number of amides is 2. The van der Waals surface area contributed by atoms with Crippen LogP contribution in [0.1, 0.15) is 6.42 Å². The lowest BCUT2D eigenvalue weighted by Gasteiger charge is -2.41. The number of nitrogens with zero attached hydrogens (tertiary/aromatic N) is 1. The topological polar surface area (TPSA) is 49.4 Å². The molecule has 4 nitrogen and oxygen atoms in total. The van der Waals surface area contributed by atoms with E-state index < -0.39 is 0 Å². The first-order chi connectivity index (χ1) is 4.77. The number of hydrogen-bond acceptors (Lipinski definition) is 3. The Morgan fingerprint density at radius 2 is 2.40 bits per heavy atom. The van der Waals surface area contributed by atoms with Gasteiger partial charge in [-0.1, -0.05) is 0 Å². The van der Waals surface area contributed by atoms with Crippen LogP contribution in [0.5, 0.6) is 0 Å². The third-order valence-electron chi connectivity index (χ3n) is 1.64. The van der Waals surface area contributed by atoms with Gasteiger partial charge in [0.05, 0.1) is 6.42 Å². The number of hydrogen-bond donors (Lipinski definition) is 1. The number of fused-ring (bicyclic) bond motifs is 1. The molecule has 1 unspecified atom stereocenters. The molecule has 0 aromatic rings. The lowest BCUT2D eigenvalue weighted by molar-refractivity contribution is -0.145. The summed E-state index contributed by atoms with van der Waals surface area (Å²) in [6, 6.07) is 0. The highest BCUT2D eigenvalue weighted by molar-refractivity contribution is 7.98. The highest BCUT2D eigenvalue weighted by Crippen LogP contribution is 2.29. The Kier molecular flexibility index (Phi) is 1.14. The van der Waals surface area contributed by atoms with Crippen molar-refractivity contribution in [2.75, 3.05) is 6.54 Å². The molecule has 2 fully saturated rings. The van der Waals surface area contributed by atoms with Crippen molar-refractivity contribution in [1.29, 1.82) is 0 Å². The van der Waals surface area contributed by atoms with Crippen LogP contribution in [0.2, 0.25) is 0 Å². The van der Waals surface area contributed by atoms with E-state index in [9.17, 15) is 9.59 Å². The molecule has 1 N–H and O–H groups in total. The smallest absolute Gasteiger partial charge is 0.249 e. The second-order valence-corrected chi connectivity index (χ2v) is 3.31. The predicted octanol–water partition coefficient (Wildman–Crippen LogP) is -0.677. The lowest BCUT2D eigenvalue weighted by Crippen LogP contribution is -2.58. The molecular weight excluding hydrogens is 152 g/mol. The highest BCUT2D eigenvalue weighted by Gasteiger charge is 2.41. The van der Waals surface area contributed by atoms with Gasteiger partial charge in [-0.15, -0.1) is 0 Å². The van der Waals surface area contributed by atoms with E-state index >= 15 is 0 Å². The molecule has 2 amide bonds. The summed E-state index contributed by atoms with van der Waals surface area (Å²) in [5.74, 6) is 0.0154. The van der Waals surface area contributed by atoms with Gasteiger partial charge >= 0.3 is 0 Å². The van der Waals surface area contributed by atoms with Crippen LogP contribution in [-0.4, -0.2) is 28.6 Å². The first kappa shape index (κ1) is 6.03. The van der Waals surface area contributed by atoms with Gasteiger partial charge in [0, 0.05) is 0 Å². The van der Waals surface area contributed by atoms with Gasteiger partial charge in [-0.25, -0.2) is 0 Å². The largest absolute Gasteiger partial charge is 0.319 e. The third kappa shape index (κ3) is 0.701. The lowest BCUT2D eigenvalue weighted by atomic mass is 10.2. The maximum atomic E-state index is 10.7. The summed E-state index contributed by atoms with van der Waals surface area (Å²) in [5.41, 5.74) is 0. The van der Waals surface area contributed by atoms with Crippen LogP contribution >= 0.6 is 11.9 Å². The Bertz CT molecular complexity index is 200. The summed E-state index contributed by atoms with van der Waals surface area (Å²) >= 11 is 1.33. The second kappa shape index (κ2) is 1.88. The zero-order valence-electron chi connectivity index (χ0n) is 5.16. The molecule has 5 heteroatoms. The summed E-state index contributed by atoms with van der Waals surface area (Å²) in [7, 11) is 0. The molecule has 0 aromatic carbocycles. The summed E-state index contributed by atoms with van der Waals surface area (Å²) in [4.78, 5) is 23.0. The van der Waals surface area contributed by atoms with E-state index in [2.05, 4.69) is 4.72 Å². The molecule has 0 radical (unpaired) electrons. The average molecular weight is 158 g/mol. The zero-order valence-corrected chi connectivity index (χ0v) is 5.98. The first-order valence-corrected chi connectivity index (χ1v) is 3.89.